The van der Waals surface area contributed by atoms with Gasteiger partial charge in [0.25, 0.3) is 5.91 Å². The van der Waals surface area contributed by atoms with Crippen LogP contribution in [0.2, 0.25) is 0 Å². The quantitative estimate of drug-likeness (QED) is 0.137. The van der Waals surface area contributed by atoms with Crippen molar-refractivity contribution in [1.29, 1.82) is 0 Å². The first-order chi connectivity index (χ1) is 21.9. The van der Waals surface area contributed by atoms with E-state index in [1.807, 2.05) is 13.8 Å². The molecule has 14 heteroatoms. The standard InChI is InChI=1S/C21H16F3N3O2.C9H13F3N2O.C2H6/c22-14-6-12(7-15(23)10-14)8-19(27-11-28)20-16(2-1-5-26-20)13-3-4-18(24)17(9-13)21(25)29;1-3-14-5-7(6-15-4-2)8(13-14)9(10,11)12;1-2/h1-7,9-11,19H,8H2,(H2,25,29)(H,27,28);5H,3-4,6H2,1-2H3;1-2H3. The number of nitrogens with one attached hydrogen (secondary N) is 1. The number of nitrogens with two attached hydrogens (primary N) is 1. The summed E-state index contributed by atoms with van der Waals surface area (Å²) in [5.74, 6) is -3.16. The highest BCUT2D eigenvalue weighted by atomic mass is 19.4. The molecule has 0 bridgehead atoms. The number of ether oxygens (including phenoxy) is 1. The second kappa shape index (κ2) is 17.7. The van der Waals surface area contributed by atoms with Crippen molar-refractivity contribution in [2.24, 2.45) is 5.73 Å². The molecule has 0 saturated heterocycles. The van der Waals surface area contributed by atoms with Crippen LogP contribution in [0.5, 0.6) is 0 Å². The molecule has 1 unspecified atom stereocenters. The molecule has 0 fully saturated rings. The lowest BCUT2D eigenvalue weighted by Gasteiger charge is -2.19. The number of amides is 2. The summed E-state index contributed by atoms with van der Waals surface area (Å²) < 4.78 is 84.6. The Morgan fingerprint density at radius 3 is 2.30 bits per heavy atom. The van der Waals surface area contributed by atoms with Crippen LogP contribution in [0, 0.1) is 17.5 Å². The smallest absolute Gasteiger partial charge is 0.377 e. The average molecular weight is 652 g/mol. The van der Waals surface area contributed by atoms with Crippen LogP contribution in [0.25, 0.3) is 11.1 Å². The van der Waals surface area contributed by atoms with E-state index >= 15 is 0 Å². The third kappa shape index (κ3) is 10.4. The lowest BCUT2D eigenvalue weighted by atomic mass is 9.94. The summed E-state index contributed by atoms with van der Waals surface area (Å²) in [6, 6.07) is 9.49. The van der Waals surface area contributed by atoms with Crippen LogP contribution in [0.1, 0.15) is 66.6 Å². The molecular formula is C32H35F6N5O3. The number of benzene rings is 2. The Balaban J connectivity index is 0.000000365. The van der Waals surface area contributed by atoms with E-state index < -0.39 is 41.3 Å². The molecule has 0 aliphatic carbocycles. The van der Waals surface area contributed by atoms with Crippen LogP contribution in [0.15, 0.2) is 60.9 Å². The van der Waals surface area contributed by atoms with Gasteiger partial charge in [-0.3, -0.25) is 19.3 Å². The van der Waals surface area contributed by atoms with Crippen molar-refractivity contribution in [2.75, 3.05) is 6.61 Å². The average Bonchev–Trinajstić information content (AvgIpc) is 3.45. The Labute approximate surface area is 262 Å². The van der Waals surface area contributed by atoms with Crippen LogP contribution in [-0.4, -0.2) is 33.7 Å². The Morgan fingerprint density at radius 1 is 1.07 bits per heavy atom. The first-order valence-electron chi connectivity index (χ1n) is 14.3. The monoisotopic (exact) mass is 651 g/mol. The maximum Gasteiger partial charge on any atom is 0.435 e. The van der Waals surface area contributed by atoms with E-state index in [1.165, 1.54) is 29.2 Å². The fourth-order valence-corrected chi connectivity index (χ4v) is 4.28. The van der Waals surface area contributed by atoms with Gasteiger partial charge in [-0.05, 0) is 61.7 Å². The number of alkyl halides is 3. The van der Waals surface area contributed by atoms with E-state index in [9.17, 15) is 35.9 Å². The molecule has 2 amide bonds. The minimum absolute atomic E-state index is 0.0503. The van der Waals surface area contributed by atoms with Crippen LogP contribution < -0.4 is 11.1 Å². The number of nitrogens with zero attached hydrogens (tertiary/aromatic N) is 3. The summed E-state index contributed by atoms with van der Waals surface area (Å²) in [6.45, 7) is 8.21. The molecule has 46 heavy (non-hydrogen) atoms. The van der Waals surface area contributed by atoms with E-state index in [1.54, 1.807) is 26.0 Å². The largest absolute Gasteiger partial charge is 0.435 e. The first-order valence-corrected chi connectivity index (χ1v) is 14.3. The lowest BCUT2D eigenvalue weighted by Crippen LogP contribution is -2.23. The molecule has 2 heterocycles. The molecule has 1 atom stereocenters. The number of hydrogen-bond donors (Lipinski definition) is 2. The van der Waals surface area contributed by atoms with Crippen LogP contribution >= 0.6 is 0 Å². The normalized spacial score (nSPS) is 11.4. The maximum atomic E-state index is 13.8. The van der Waals surface area contributed by atoms with E-state index in [0.29, 0.717) is 41.9 Å². The van der Waals surface area contributed by atoms with Gasteiger partial charge in [0.05, 0.1) is 23.9 Å². The predicted molar refractivity (Wildman–Crippen MR) is 160 cm³/mol. The molecule has 2 aromatic carbocycles. The SMILES string of the molecule is CC.CCOCc1cn(CC)nc1C(F)(F)F.NC(=O)c1cc(-c2cccnc2C(Cc2cc(F)cc(F)c2)NC=O)ccc1F. The fourth-order valence-electron chi connectivity index (χ4n) is 4.28. The van der Waals surface area contributed by atoms with Crippen molar-refractivity contribution in [1.82, 2.24) is 20.1 Å². The summed E-state index contributed by atoms with van der Waals surface area (Å²) in [7, 11) is 0. The highest BCUT2D eigenvalue weighted by Crippen LogP contribution is 2.31. The van der Waals surface area contributed by atoms with Crippen LogP contribution in [0.3, 0.4) is 0 Å². The van der Waals surface area contributed by atoms with Gasteiger partial charge in [-0.1, -0.05) is 26.0 Å². The van der Waals surface area contributed by atoms with Crippen LogP contribution in [0.4, 0.5) is 26.3 Å². The molecule has 4 aromatic rings. The Hall–Kier alpha value is -4.72. The first kappa shape index (κ1) is 37.5. The minimum Gasteiger partial charge on any atom is -0.377 e. The van der Waals surface area contributed by atoms with Gasteiger partial charge in [0.15, 0.2) is 5.69 Å². The molecule has 0 saturated carbocycles. The number of carbonyl (C=O) groups excluding carboxylic acids is 2. The van der Waals surface area contributed by atoms with Gasteiger partial charge in [0, 0.05) is 42.7 Å². The molecule has 0 radical (unpaired) electrons. The van der Waals surface area contributed by atoms with Gasteiger partial charge in [-0.15, -0.1) is 0 Å². The van der Waals surface area contributed by atoms with E-state index in [2.05, 4.69) is 15.4 Å². The summed E-state index contributed by atoms with van der Waals surface area (Å²) in [5, 5.41) is 6.06. The predicted octanol–water partition coefficient (Wildman–Crippen LogP) is 6.78. The van der Waals surface area contributed by atoms with Gasteiger partial charge >= 0.3 is 6.18 Å². The molecule has 4 rings (SSSR count). The van der Waals surface area contributed by atoms with Crippen molar-refractivity contribution in [3.8, 4) is 11.1 Å². The minimum atomic E-state index is -4.41. The highest BCUT2D eigenvalue weighted by molar-refractivity contribution is 5.94. The Bertz CT molecular complexity index is 1570. The fraction of sp³-hybridized carbons (Fsp3) is 0.312. The third-order valence-corrected chi connectivity index (χ3v) is 6.23. The molecule has 2 aromatic heterocycles. The van der Waals surface area contributed by atoms with E-state index in [4.69, 9.17) is 10.5 Å². The van der Waals surface area contributed by atoms with Gasteiger partial charge in [-0.2, -0.15) is 18.3 Å². The molecular weight excluding hydrogens is 616 g/mol. The summed E-state index contributed by atoms with van der Waals surface area (Å²) in [4.78, 5) is 26.9. The van der Waals surface area contributed by atoms with Gasteiger partial charge in [0.1, 0.15) is 17.5 Å². The summed E-state index contributed by atoms with van der Waals surface area (Å²) in [5.41, 5.74) is 5.82. The maximum absolute atomic E-state index is 13.8. The molecule has 248 valence electrons. The van der Waals surface area contributed by atoms with Crippen molar-refractivity contribution >= 4 is 12.3 Å². The van der Waals surface area contributed by atoms with Crippen molar-refractivity contribution in [3.05, 3.63) is 106 Å². The second-order valence-electron chi connectivity index (χ2n) is 9.31. The van der Waals surface area contributed by atoms with Gasteiger partial charge in [-0.25, -0.2) is 13.2 Å². The number of carbonyl (C=O) groups is 2. The van der Waals surface area contributed by atoms with E-state index in [-0.39, 0.29) is 24.2 Å². The Morgan fingerprint density at radius 2 is 1.74 bits per heavy atom. The van der Waals surface area contributed by atoms with Gasteiger partial charge in [0.2, 0.25) is 6.41 Å². The third-order valence-electron chi connectivity index (χ3n) is 6.23. The number of aromatic nitrogens is 3. The Kier molecular flexibility index (Phi) is 14.4. The van der Waals surface area contributed by atoms with Crippen molar-refractivity contribution in [3.63, 3.8) is 0 Å². The summed E-state index contributed by atoms with van der Waals surface area (Å²) in [6.07, 6.45) is -1.03. The van der Waals surface area contributed by atoms with Crippen molar-refractivity contribution < 1.29 is 40.7 Å². The number of aryl methyl sites for hydroxylation is 1. The zero-order chi connectivity index (χ0) is 34.4. The zero-order valence-corrected chi connectivity index (χ0v) is 25.7. The topological polar surface area (TPSA) is 112 Å². The summed E-state index contributed by atoms with van der Waals surface area (Å²) >= 11 is 0. The lowest BCUT2D eigenvalue weighted by molar-refractivity contribution is -0.142. The zero-order valence-electron chi connectivity index (χ0n) is 25.7. The van der Waals surface area contributed by atoms with Crippen LogP contribution in [-0.2, 0) is 35.3 Å². The second-order valence-corrected chi connectivity index (χ2v) is 9.31. The molecule has 3 N–H and O–H groups in total. The number of hydrogen-bond acceptors (Lipinski definition) is 5. The molecule has 0 aliphatic rings. The van der Waals surface area contributed by atoms with Gasteiger partial charge < -0.3 is 15.8 Å². The number of rotatable bonds is 11. The number of pyridine rings is 1. The number of halogens is 6. The molecule has 0 spiro atoms. The van der Waals surface area contributed by atoms with E-state index in [0.717, 1.165) is 24.3 Å². The highest BCUT2D eigenvalue weighted by Gasteiger charge is 2.37. The molecule has 8 nitrogen and oxygen atoms in total. The molecule has 0 aliphatic heterocycles. The van der Waals surface area contributed by atoms with Crippen molar-refractivity contribution in [2.45, 2.75) is 59.5 Å². The number of primary amides is 1.